The summed E-state index contributed by atoms with van der Waals surface area (Å²) in [6, 6.07) is 7.97. The van der Waals surface area contributed by atoms with Gasteiger partial charge in [0, 0.05) is 5.88 Å². The second-order valence-corrected chi connectivity index (χ2v) is 3.37. The SMILES string of the molecule is ClCc1cccc(OC2CC2)c1. The molecule has 0 saturated heterocycles. The van der Waals surface area contributed by atoms with E-state index in [1.54, 1.807) is 0 Å². The Morgan fingerprint density at radius 3 is 2.92 bits per heavy atom. The molecule has 1 aliphatic rings. The van der Waals surface area contributed by atoms with Crippen LogP contribution in [0.4, 0.5) is 0 Å². The van der Waals surface area contributed by atoms with Gasteiger partial charge in [-0.25, -0.2) is 0 Å². The Hall–Kier alpha value is -0.690. The van der Waals surface area contributed by atoms with Crippen LogP contribution >= 0.6 is 11.6 Å². The average molecular weight is 183 g/mol. The largest absolute Gasteiger partial charge is 0.490 e. The molecular formula is C10H11ClO. The molecule has 2 rings (SSSR count). The van der Waals surface area contributed by atoms with E-state index in [4.69, 9.17) is 16.3 Å². The van der Waals surface area contributed by atoms with Gasteiger partial charge >= 0.3 is 0 Å². The summed E-state index contributed by atoms with van der Waals surface area (Å²) in [5.74, 6) is 1.51. The minimum Gasteiger partial charge on any atom is -0.490 e. The molecule has 1 aromatic carbocycles. The van der Waals surface area contributed by atoms with E-state index in [0.717, 1.165) is 11.3 Å². The third-order valence-corrected chi connectivity index (χ3v) is 2.19. The molecule has 1 saturated carbocycles. The van der Waals surface area contributed by atoms with Crippen molar-refractivity contribution in [2.45, 2.75) is 24.8 Å². The molecule has 2 heteroatoms. The van der Waals surface area contributed by atoms with E-state index in [9.17, 15) is 0 Å². The van der Waals surface area contributed by atoms with Crippen molar-refractivity contribution in [2.24, 2.45) is 0 Å². The number of ether oxygens (including phenoxy) is 1. The zero-order valence-corrected chi connectivity index (χ0v) is 7.55. The summed E-state index contributed by atoms with van der Waals surface area (Å²) < 4.78 is 5.61. The van der Waals surface area contributed by atoms with Crippen LogP contribution < -0.4 is 4.74 Å². The molecule has 0 N–H and O–H groups in total. The molecule has 0 radical (unpaired) electrons. The molecule has 0 atom stereocenters. The standard InChI is InChI=1S/C10H11ClO/c11-7-8-2-1-3-10(6-8)12-9-4-5-9/h1-3,6,9H,4-5,7H2. The number of hydrogen-bond donors (Lipinski definition) is 0. The van der Waals surface area contributed by atoms with Gasteiger partial charge in [-0.05, 0) is 30.5 Å². The maximum Gasteiger partial charge on any atom is 0.120 e. The van der Waals surface area contributed by atoms with Crippen LogP contribution in [0.2, 0.25) is 0 Å². The molecule has 1 aromatic rings. The molecule has 0 aliphatic heterocycles. The van der Waals surface area contributed by atoms with Gasteiger partial charge in [-0.1, -0.05) is 12.1 Å². The Balaban J connectivity index is 2.08. The Kier molecular flexibility index (Phi) is 2.22. The lowest BCUT2D eigenvalue weighted by atomic mass is 10.2. The van der Waals surface area contributed by atoms with Crippen LogP contribution in [-0.2, 0) is 5.88 Å². The molecule has 64 valence electrons. The topological polar surface area (TPSA) is 9.23 Å². The van der Waals surface area contributed by atoms with Crippen LogP contribution in [0.5, 0.6) is 5.75 Å². The van der Waals surface area contributed by atoms with Crippen LogP contribution in [0.25, 0.3) is 0 Å². The fourth-order valence-corrected chi connectivity index (χ4v) is 1.25. The molecule has 0 unspecified atom stereocenters. The average Bonchev–Trinajstić information content (AvgIpc) is 2.89. The number of hydrogen-bond acceptors (Lipinski definition) is 1. The first kappa shape index (κ1) is 7.93. The van der Waals surface area contributed by atoms with Crippen molar-refractivity contribution in [3.05, 3.63) is 29.8 Å². The lowest BCUT2D eigenvalue weighted by molar-refractivity contribution is 0.303. The molecule has 12 heavy (non-hydrogen) atoms. The molecule has 1 aliphatic carbocycles. The van der Waals surface area contributed by atoms with Crippen molar-refractivity contribution in [1.29, 1.82) is 0 Å². The molecule has 0 aromatic heterocycles. The van der Waals surface area contributed by atoms with Gasteiger partial charge < -0.3 is 4.74 Å². The van der Waals surface area contributed by atoms with Crippen molar-refractivity contribution in [3.8, 4) is 5.75 Å². The van der Waals surface area contributed by atoms with Gasteiger partial charge in [0.1, 0.15) is 5.75 Å². The predicted octanol–water partition coefficient (Wildman–Crippen LogP) is 2.97. The molecule has 0 spiro atoms. The lowest BCUT2D eigenvalue weighted by Gasteiger charge is -2.04. The zero-order valence-electron chi connectivity index (χ0n) is 6.79. The molecule has 0 heterocycles. The monoisotopic (exact) mass is 182 g/mol. The van der Waals surface area contributed by atoms with E-state index >= 15 is 0 Å². The van der Waals surface area contributed by atoms with E-state index in [2.05, 4.69) is 0 Å². The van der Waals surface area contributed by atoms with E-state index < -0.39 is 0 Å². The summed E-state index contributed by atoms with van der Waals surface area (Å²) in [4.78, 5) is 0. The highest BCUT2D eigenvalue weighted by molar-refractivity contribution is 6.17. The summed E-state index contributed by atoms with van der Waals surface area (Å²) in [6.07, 6.45) is 2.87. The van der Waals surface area contributed by atoms with Crippen LogP contribution in [0.1, 0.15) is 18.4 Å². The molecule has 0 bridgehead atoms. The van der Waals surface area contributed by atoms with Crippen molar-refractivity contribution >= 4 is 11.6 Å². The van der Waals surface area contributed by atoms with Crippen molar-refractivity contribution in [1.82, 2.24) is 0 Å². The first-order valence-corrected chi connectivity index (χ1v) is 4.73. The smallest absolute Gasteiger partial charge is 0.120 e. The van der Waals surface area contributed by atoms with Crippen molar-refractivity contribution < 1.29 is 4.74 Å². The highest BCUT2D eigenvalue weighted by Gasteiger charge is 2.23. The van der Waals surface area contributed by atoms with Crippen LogP contribution in [0.15, 0.2) is 24.3 Å². The summed E-state index contributed by atoms with van der Waals surface area (Å²) in [6.45, 7) is 0. The maximum absolute atomic E-state index is 5.70. The third-order valence-electron chi connectivity index (χ3n) is 1.88. The molecule has 0 amide bonds. The van der Waals surface area contributed by atoms with Crippen LogP contribution in [0, 0.1) is 0 Å². The van der Waals surface area contributed by atoms with Gasteiger partial charge in [-0.2, -0.15) is 0 Å². The summed E-state index contributed by atoms with van der Waals surface area (Å²) in [5.41, 5.74) is 1.12. The molecule has 1 nitrogen and oxygen atoms in total. The first-order valence-electron chi connectivity index (χ1n) is 4.20. The Morgan fingerprint density at radius 2 is 2.25 bits per heavy atom. The van der Waals surface area contributed by atoms with Gasteiger partial charge in [0.25, 0.3) is 0 Å². The normalized spacial score (nSPS) is 16.1. The van der Waals surface area contributed by atoms with Crippen molar-refractivity contribution in [3.63, 3.8) is 0 Å². The second-order valence-electron chi connectivity index (χ2n) is 3.10. The fraction of sp³-hybridized carbons (Fsp3) is 0.400. The number of benzene rings is 1. The first-order chi connectivity index (χ1) is 5.88. The number of alkyl halides is 1. The van der Waals surface area contributed by atoms with E-state index in [1.165, 1.54) is 12.8 Å². The van der Waals surface area contributed by atoms with E-state index in [0.29, 0.717) is 12.0 Å². The van der Waals surface area contributed by atoms with Gasteiger partial charge in [-0.15, -0.1) is 11.6 Å². The van der Waals surface area contributed by atoms with Gasteiger partial charge in [0.05, 0.1) is 6.10 Å². The van der Waals surface area contributed by atoms with E-state index in [-0.39, 0.29) is 0 Å². The highest BCUT2D eigenvalue weighted by Crippen LogP contribution is 2.27. The second kappa shape index (κ2) is 3.36. The third kappa shape index (κ3) is 1.92. The Labute approximate surface area is 77.3 Å². The quantitative estimate of drug-likeness (QED) is 0.654. The summed E-state index contributed by atoms with van der Waals surface area (Å²) in [7, 11) is 0. The fourth-order valence-electron chi connectivity index (χ4n) is 1.08. The lowest BCUT2D eigenvalue weighted by Crippen LogP contribution is -1.95. The van der Waals surface area contributed by atoms with Gasteiger partial charge in [0.15, 0.2) is 0 Å². The maximum atomic E-state index is 5.70. The van der Waals surface area contributed by atoms with Gasteiger partial charge in [0.2, 0.25) is 0 Å². The van der Waals surface area contributed by atoms with Crippen molar-refractivity contribution in [2.75, 3.05) is 0 Å². The van der Waals surface area contributed by atoms with E-state index in [1.807, 2.05) is 24.3 Å². The summed E-state index contributed by atoms with van der Waals surface area (Å²) >= 11 is 5.70. The molecular weight excluding hydrogens is 172 g/mol. The Bertz CT molecular complexity index is 268. The summed E-state index contributed by atoms with van der Waals surface area (Å²) in [5, 5.41) is 0. The van der Waals surface area contributed by atoms with Crippen LogP contribution in [-0.4, -0.2) is 6.10 Å². The zero-order chi connectivity index (χ0) is 8.39. The predicted molar refractivity (Wildman–Crippen MR) is 49.6 cm³/mol. The minimum atomic E-state index is 0.468. The minimum absolute atomic E-state index is 0.468. The number of rotatable bonds is 3. The van der Waals surface area contributed by atoms with Gasteiger partial charge in [-0.3, -0.25) is 0 Å². The Morgan fingerprint density at radius 1 is 1.42 bits per heavy atom. The molecule has 1 fully saturated rings. The van der Waals surface area contributed by atoms with Crippen LogP contribution in [0.3, 0.4) is 0 Å². The number of halogens is 1. The highest BCUT2D eigenvalue weighted by atomic mass is 35.5.